The normalized spacial score (nSPS) is 10.5. The average molecular weight is 636 g/mol. The molecule has 8 heteroatoms. The van der Waals surface area contributed by atoms with E-state index in [1.807, 2.05) is 12.1 Å². The Hall–Kier alpha value is -1.35. The molecule has 0 aliphatic carbocycles. The number of hydrogen-bond donors (Lipinski definition) is 0. The predicted octanol–water partition coefficient (Wildman–Crippen LogP) is 7.76. The summed E-state index contributed by atoms with van der Waals surface area (Å²) in [7, 11) is 1.55. The van der Waals surface area contributed by atoms with Gasteiger partial charge in [-0.3, -0.25) is 0 Å². The Balaban J connectivity index is 2.01. The quantitative estimate of drug-likeness (QED) is 0.212. The summed E-state index contributed by atoms with van der Waals surface area (Å²) in [6.45, 7) is 0. The summed E-state index contributed by atoms with van der Waals surface area (Å²) in [6.07, 6.45) is 0. The summed E-state index contributed by atoms with van der Waals surface area (Å²) in [4.78, 5) is 12.5. The standard InChI is InChI=1S/C20H12Br4O4/c1-26-18-14(23)7-12(21)9-16(18)27-19-15(24)8-13(22)10-17(19)28-20(25)11-5-3-2-4-6-11/h2-10H,1H3. The van der Waals surface area contributed by atoms with E-state index in [1.54, 1.807) is 49.6 Å². The molecular formula is C20H12Br4O4. The first-order chi connectivity index (χ1) is 13.4. The van der Waals surface area contributed by atoms with Crippen molar-refractivity contribution in [3.63, 3.8) is 0 Å². The Kier molecular flexibility index (Phi) is 7.20. The molecule has 0 aromatic heterocycles. The molecule has 144 valence electrons. The van der Waals surface area contributed by atoms with E-state index < -0.39 is 5.97 Å². The maximum absolute atomic E-state index is 12.5. The number of esters is 1. The highest BCUT2D eigenvalue weighted by molar-refractivity contribution is 9.11. The molecule has 3 aromatic carbocycles. The van der Waals surface area contributed by atoms with E-state index in [-0.39, 0.29) is 5.75 Å². The minimum atomic E-state index is -0.488. The Morgan fingerprint density at radius 2 is 1.36 bits per heavy atom. The molecule has 0 spiro atoms. The van der Waals surface area contributed by atoms with Crippen LogP contribution in [0.5, 0.6) is 23.0 Å². The van der Waals surface area contributed by atoms with Crippen molar-refractivity contribution >= 4 is 69.7 Å². The van der Waals surface area contributed by atoms with Crippen LogP contribution in [-0.2, 0) is 0 Å². The molecule has 0 radical (unpaired) electrons. The molecule has 3 aromatic rings. The predicted molar refractivity (Wildman–Crippen MR) is 122 cm³/mol. The van der Waals surface area contributed by atoms with E-state index in [0.29, 0.717) is 27.3 Å². The summed E-state index contributed by atoms with van der Waals surface area (Å²) < 4.78 is 20.0. The van der Waals surface area contributed by atoms with Crippen LogP contribution in [0.25, 0.3) is 0 Å². The van der Waals surface area contributed by atoms with Crippen LogP contribution in [0.3, 0.4) is 0 Å². The highest BCUT2D eigenvalue weighted by atomic mass is 79.9. The van der Waals surface area contributed by atoms with Crippen molar-refractivity contribution in [2.45, 2.75) is 0 Å². The van der Waals surface area contributed by atoms with Gasteiger partial charge in [-0.05, 0) is 68.3 Å². The van der Waals surface area contributed by atoms with Gasteiger partial charge in [-0.25, -0.2) is 4.79 Å². The van der Waals surface area contributed by atoms with Crippen molar-refractivity contribution in [3.8, 4) is 23.0 Å². The zero-order valence-corrected chi connectivity index (χ0v) is 20.7. The summed E-state index contributed by atoms with van der Waals surface area (Å²) in [5.41, 5.74) is 0.437. The van der Waals surface area contributed by atoms with Crippen LogP contribution in [0.4, 0.5) is 0 Å². The van der Waals surface area contributed by atoms with Crippen LogP contribution in [0.15, 0.2) is 72.5 Å². The van der Waals surface area contributed by atoms with Crippen LogP contribution in [0.1, 0.15) is 10.4 Å². The molecule has 3 rings (SSSR count). The van der Waals surface area contributed by atoms with Crippen LogP contribution < -0.4 is 14.2 Å². The van der Waals surface area contributed by atoms with E-state index in [2.05, 4.69) is 63.7 Å². The van der Waals surface area contributed by atoms with Crippen molar-refractivity contribution < 1.29 is 19.0 Å². The van der Waals surface area contributed by atoms with Crippen molar-refractivity contribution in [2.24, 2.45) is 0 Å². The highest BCUT2D eigenvalue weighted by Crippen LogP contribution is 2.46. The lowest BCUT2D eigenvalue weighted by Crippen LogP contribution is -2.09. The number of benzene rings is 3. The molecule has 0 aliphatic heterocycles. The largest absolute Gasteiger partial charge is 0.492 e. The fraction of sp³-hybridized carbons (Fsp3) is 0.0500. The number of rotatable bonds is 5. The molecule has 0 saturated heterocycles. The van der Waals surface area contributed by atoms with Crippen molar-refractivity contribution in [3.05, 3.63) is 78.1 Å². The van der Waals surface area contributed by atoms with Gasteiger partial charge in [0.2, 0.25) is 0 Å². The Labute approximate surface area is 195 Å². The van der Waals surface area contributed by atoms with Gasteiger partial charge in [-0.2, -0.15) is 0 Å². The SMILES string of the molecule is COc1c(Br)cc(Br)cc1Oc1c(Br)cc(Br)cc1OC(=O)c1ccccc1. The number of halogens is 4. The van der Waals surface area contributed by atoms with E-state index in [0.717, 1.165) is 13.4 Å². The molecule has 0 unspecified atom stereocenters. The van der Waals surface area contributed by atoms with Crippen LogP contribution >= 0.6 is 63.7 Å². The number of carbonyl (C=O) groups is 1. The smallest absolute Gasteiger partial charge is 0.343 e. The molecule has 0 atom stereocenters. The molecule has 28 heavy (non-hydrogen) atoms. The molecule has 0 fully saturated rings. The summed E-state index contributed by atoms with van der Waals surface area (Å²) in [6, 6.07) is 15.8. The molecule has 4 nitrogen and oxygen atoms in total. The lowest BCUT2D eigenvalue weighted by Gasteiger charge is -2.16. The van der Waals surface area contributed by atoms with Gasteiger partial charge in [-0.15, -0.1) is 0 Å². The second-order valence-corrected chi connectivity index (χ2v) is 9.03. The number of methoxy groups -OCH3 is 1. The summed E-state index contributed by atoms with van der Waals surface area (Å²) in [5, 5.41) is 0. The second kappa shape index (κ2) is 9.43. The zero-order valence-electron chi connectivity index (χ0n) is 14.3. The summed E-state index contributed by atoms with van der Waals surface area (Å²) >= 11 is 13.8. The third-order valence-electron chi connectivity index (χ3n) is 3.58. The molecular weight excluding hydrogens is 624 g/mol. The highest BCUT2D eigenvalue weighted by Gasteiger charge is 2.20. The number of ether oxygens (including phenoxy) is 3. The van der Waals surface area contributed by atoms with Gasteiger partial charge >= 0.3 is 5.97 Å². The van der Waals surface area contributed by atoms with E-state index in [9.17, 15) is 4.79 Å². The topological polar surface area (TPSA) is 44.8 Å². The Morgan fingerprint density at radius 3 is 1.96 bits per heavy atom. The van der Waals surface area contributed by atoms with Crippen molar-refractivity contribution in [1.29, 1.82) is 0 Å². The van der Waals surface area contributed by atoms with Gasteiger partial charge < -0.3 is 14.2 Å². The van der Waals surface area contributed by atoms with Crippen LogP contribution in [0.2, 0.25) is 0 Å². The van der Waals surface area contributed by atoms with E-state index >= 15 is 0 Å². The Morgan fingerprint density at radius 1 is 0.786 bits per heavy atom. The lowest BCUT2D eigenvalue weighted by atomic mass is 10.2. The van der Waals surface area contributed by atoms with E-state index in [1.165, 1.54) is 0 Å². The van der Waals surface area contributed by atoms with Crippen molar-refractivity contribution in [1.82, 2.24) is 0 Å². The zero-order chi connectivity index (χ0) is 20.3. The molecule has 0 saturated carbocycles. The van der Waals surface area contributed by atoms with Gasteiger partial charge in [0.05, 0.1) is 21.6 Å². The monoisotopic (exact) mass is 632 g/mol. The second-order valence-electron chi connectivity index (χ2n) is 5.49. The van der Waals surface area contributed by atoms with E-state index in [4.69, 9.17) is 14.2 Å². The third kappa shape index (κ3) is 4.97. The third-order valence-corrected chi connectivity index (χ3v) is 5.67. The first kappa shape index (κ1) is 21.4. The first-order valence-corrected chi connectivity index (χ1v) is 11.0. The molecule has 0 heterocycles. The van der Waals surface area contributed by atoms with Gasteiger partial charge in [0.15, 0.2) is 23.0 Å². The molecule has 0 bridgehead atoms. The van der Waals surface area contributed by atoms with Gasteiger partial charge in [0.1, 0.15) is 0 Å². The number of carbonyl (C=O) groups excluding carboxylic acids is 1. The Bertz CT molecular complexity index is 1020. The van der Waals surface area contributed by atoms with Crippen molar-refractivity contribution in [2.75, 3.05) is 7.11 Å². The molecule has 0 N–H and O–H groups in total. The molecule has 0 aliphatic rings. The fourth-order valence-electron chi connectivity index (χ4n) is 2.37. The average Bonchev–Trinajstić information content (AvgIpc) is 2.65. The van der Waals surface area contributed by atoms with Gasteiger partial charge in [0.25, 0.3) is 0 Å². The minimum absolute atomic E-state index is 0.258. The van der Waals surface area contributed by atoms with Gasteiger partial charge in [-0.1, -0.05) is 50.1 Å². The number of hydrogen-bond acceptors (Lipinski definition) is 4. The lowest BCUT2D eigenvalue weighted by molar-refractivity contribution is 0.0730. The maximum atomic E-state index is 12.5. The van der Waals surface area contributed by atoms with Gasteiger partial charge in [0, 0.05) is 8.95 Å². The fourth-order valence-corrected chi connectivity index (χ4v) is 4.98. The minimum Gasteiger partial charge on any atom is -0.492 e. The van der Waals surface area contributed by atoms with Crippen LogP contribution in [0, 0.1) is 0 Å². The molecule has 0 amide bonds. The maximum Gasteiger partial charge on any atom is 0.343 e. The van der Waals surface area contributed by atoms with Crippen LogP contribution in [-0.4, -0.2) is 13.1 Å². The summed E-state index contributed by atoms with van der Waals surface area (Å²) in [5.74, 6) is 1.07. The first-order valence-electron chi connectivity index (χ1n) is 7.86.